The molecule has 0 atom stereocenters. The van der Waals surface area contributed by atoms with Crippen LogP contribution in [0.1, 0.15) is 18.4 Å². The van der Waals surface area contributed by atoms with E-state index in [0.29, 0.717) is 38.4 Å². The maximum absolute atomic E-state index is 13.3. The number of carbonyl (C=O) groups is 2. The van der Waals surface area contributed by atoms with E-state index >= 15 is 0 Å². The minimum Gasteiger partial charge on any atom is -0.481 e. The van der Waals surface area contributed by atoms with Gasteiger partial charge in [0.2, 0.25) is 11.8 Å². The number of aliphatic hydroxyl groups excluding tert-OH is 1. The first-order valence-corrected chi connectivity index (χ1v) is 11.7. The summed E-state index contributed by atoms with van der Waals surface area (Å²) < 4.78 is 5.16. The van der Waals surface area contributed by atoms with Crippen LogP contribution in [-0.4, -0.2) is 76.7 Å². The Hall–Kier alpha value is -3.24. The molecule has 3 amide bonds. The Kier molecular flexibility index (Phi) is 5.63. The molecule has 5 heterocycles. The number of nitrogens with zero attached hydrogens (tertiary/aromatic N) is 5. The third-order valence-electron chi connectivity index (χ3n) is 6.34. The number of anilines is 1. The summed E-state index contributed by atoms with van der Waals surface area (Å²) in [7, 11) is 3.39. The number of rotatable bonds is 4. The number of aromatic nitrogens is 2. The Bertz CT molecular complexity index is 1200. The van der Waals surface area contributed by atoms with Crippen molar-refractivity contribution in [1.29, 1.82) is 0 Å². The fraction of sp³-hybridized carbons (Fsp3) is 0.391. The minimum atomic E-state index is -0.483. The molecule has 172 valence electrons. The molecule has 10 heteroatoms. The lowest BCUT2D eigenvalue weighted by Crippen LogP contribution is -2.54. The third kappa shape index (κ3) is 3.79. The van der Waals surface area contributed by atoms with Crippen LogP contribution in [0.3, 0.4) is 0 Å². The van der Waals surface area contributed by atoms with E-state index < -0.39 is 6.61 Å². The monoisotopic (exact) mass is 467 g/mol. The van der Waals surface area contributed by atoms with Crippen LogP contribution in [0.5, 0.6) is 5.88 Å². The molecule has 0 spiro atoms. The summed E-state index contributed by atoms with van der Waals surface area (Å²) in [6, 6.07) is 5.81. The van der Waals surface area contributed by atoms with Crippen LogP contribution in [0.4, 0.5) is 10.5 Å². The zero-order chi connectivity index (χ0) is 23.1. The molecular weight excluding hydrogens is 442 g/mol. The first-order valence-electron chi connectivity index (χ1n) is 10.8. The summed E-state index contributed by atoms with van der Waals surface area (Å²) >= 11 is 1.57. The zero-order valence-electron chi connectivity index (χ0n) is 18.5. The Morgan fingerprint density at radius 2 is 2.03 bits per heavy atom. The zero-order valence-corrected chi connectivity index (χ0v) is 19.3. The summed E-state index contributed by atoms with van der Waals surface area (Å²) in [5, 5.41) is 10.1. The van der Waals surface area contributed by atoms with Crippen LogP contribution in [-0.2, 0) is 11.3 Å². The summed E-state index contributed by atoms with van der Waals surface area (Å²) in [6.07, 6.45) is 4.97. The number of carbonyl (C=O) groups excluding carboxylic acids is 2. The van der Waals surface area contributed by atoms with Gasteiger partial charge in [-0.05, 0) is 25.0 Å². The first-order chi connectivity index (χ1) is 16.0. The molecule has 0 bridgehead atoms. The number of amides is 3. The van der Waals surface area contributed by atoms with Crippen molar-refractivity contribution in [2.45, 2.75) is 25.4 Å². The maximum atomic E-state index is 13.3. The van der Waals surface area contributed by atoms with Gasteiger partial charge in [0.25, 0.3) is 0 Å². The molecule has 1 N–H and O–H groups in total. The molecule has 2 aliphatic heterocycles. The first kappa shape index (κ1) is 21.6. The van der Waals surface area contributed by atoms with Gasteiger partial charge in [0.05, 0.1) is 19.3 Å². The van der Waals surface area contributed by atoms with Gasteiger partial charge in [-0.1, -0.05) is 0 Å². The van der Waals surface area contributed by atoms with Gasteiger partial charge in [-0.3, -0.25) is 9.69 Å². The molecule has 3 aromatic heterocycles. The second-order valence-corrected chi connectivity index (χ2v) is 9.36. The molecule has 33 heavy (non-hydrogen) atoms. The summed E-state index contributed by atoms with van der Waals surface area (Å²) in [5.41, 5.74) is 2.89. The normalized spacial score (nSPS) is 16.9. The Morgan fingerprint density at radius 3 is 2.70 bits per heavy atom. The number of hydrogen-bond donors (Lipinski definition) is 1. The number of ether oxygens (including phenoxy) is 1. The van der Waals surface area contributed by atoms with Gasteiger partial charge in [0, 0.05) is 66.0 Å². The number of piperidine rings is 1. The van der Waals surface area contributed by atoms with Crippen molar-refractivity contribution in [2.24, 2.45) is 0 Å². The van der Waals surface area contributed by atoms with Gasteiger partial charge < -0.3 is 19.6 Å². The Labute approximate surface area is 195 Å². The van der Waals surface area contributed by atoms with E-state index in [1.54, 1.807) is 41.5 Å². The molecule has 3 aromatic rings. The highest BCUT2D eigenvalue weighted by molar-refractivity contribution is 7.22. The highest BCUT2D eigenvalue weighted by atomic mass is 32.1. The van der Waals surface area contributed by atoms with Gasteiger partial charge >= 0.3 is 6.03 Å². The third-order valence-corrected chi connectivity index (χ3v) is 7.43. The molecule has 0 aromatic carbocycles. The predicted octanol–water partition coefficient (Wildman–Crippen LogP) is 2.72. The summed E-state index contributed by atoms with van der Waals surface area (Å²) in [6.45, 7) is 1.06. The highest BCUT2D eigenvalue weighted by Crippen LogP contribution is 2.42. The predicted molar refractivity (Wildman–Crippen MR) is 125 cm³/mol. The van der Waals surface area contributed by atoms with Crippen molar-refractivity contribution in [3.8, 4) is 16.3 Å². The average Bonchev–Trinajstić information content (AvgIpc) is 3.29. The van der Waals surface area contributed by atoms with Gasteiger partial charge in [0.1, 0.15) is 11.4 Å². The van der Waals surface area contributed by atoms with Crippen LogP contribution in [0.2, 0.25) is 0 Å². The lowest BCUT2D eigenvalue weighted by Gasteiger charge is -2.43. The second-order valence-electron chi connectivity index (χ2n) is 8.33. The van der Waals surface area contributed by atoms with E-state index in [2.05, 4.69) is 16.0 Å². The average molecular weight is 468 g/mol. The molecular formula is C23H25N5O4S. The number of pyridine rings is 2. The van der Waals surface area contributed by atoms with Crippen molar-refractivity contribution < 1.29 is 19.4 Å². The van der Waals surface area contributed by atoms with Crippen molar-refractivity contribution >= 4 is 39.2 Å². The number of methoxy groups -OCH3 is 1. The number of aliphatic hydroxyl groups is 1. The molecule has 5 rings (SSSR count). The minimum absolute atomic E-state index is 0.0293. The van der Waals surface area contributed by atoms with E-state index in [-0.39, 0.29) is 18.0 Å². The van der Waals surface area contributed by atoms with E-state index in [9.17, 15) is 14.7 Å². The van der Waals surface area contributed by atoms with Crippen molar-refractivity contribution in [2.75, 3.05) is 38.8 Å². The lowest BCUT2D eigenvalue weighted by molar-refractivity contribution is -0.135. The topological polar surface area (TPSA) is 99.1 Å². The van der Waals surface area contributed by atoms with E-state index in [4.69, 9.17) is 4.74 Å². The van der Waals surface area contributed by atoms with E-state index in [1.807, 2.05) is 23.2 Å². The van der Waals surface area contributed by atoms with Gasteiger partial charge in [-0.2, -0.15) is 0 Å². The summed E-state index contributed by atoms with van der Waals surface area (Å²) in [4.78, 5) is 41.4. The van der Waals surface area contributed by atoms with Gasteiger partial charge in [0.15, 0.2) is 0 Å². The van der Waals surface area contributed by atoms with E-state index in [0.717, 1.165) is 31.9 Å². The molecule has 1 saturated heterocycles. The summed E-state index contributed by atoms with van der Waals surface area (Å²) in [5.74, 6) is 0.291. The van der Waals surface area contributed by atoms with E-state index in [1.165, 1.54) is 0 Å². The largest absolute Gasteiger partial charge is 0.481 e. The second kappa shape index (κ2) is 8.60. The molecule has 9 nitrogen and oxygen atoms in total. The molecule has 0 saturated carbocycles. The van der Waals surface area contributed by atoms with Crippen LogP contribution >= 0.6 is 11.3 Å². The van der Waals surface area contributed by atoms with Crippen LogP contribution in [0.25, 0.3) is 20.7 Å². The fourth-order valence-electron chi connectivity index (χ4n) is 4.62. The molecule has 0 unspecified atom stereocenters. The number of fused-ring (bicyclic) bond motifs is 3. The Balaban J connectivity index is 1.53. The fourth-order valence-corrected chi connectivity index (χ4v) is 5.62. The van der Waals surface area contributed by atoms with Crippen molar-refractivity contribution in [3.05, 3.63) is 36.2 Å². The number of urea groups is 1. The maximum Gasteiger partial charge on any atom is 0.324 e. The van der Waals surface area contributed by atoms with Crippen molar-refractivity contribution in [3.63, 3.8) is 0 Å². The quantitative estimate of drug-likeness (QED) is 0.634. The van der Waals surface area contributed by atoms with Crippen LogP contribution in [0, 0.1) is 0 Å². The van der Waals surface area contributed by atoms with Crippen LogP contribution < -0.4 is 9.64 Å². The van der Waals surface area contributed by atoms with Crippen molar-refractivity contribution in [1.82, 2.24) is 19.8 Å². The molecule has 1 fully saturated rings. The number of likely N-dealkylation sites (tertiary alicyclic amines) is 1. The number of thiophene rings is 1. The molecule has 0 aliphatic carbocycles. The smallest absolute Gasteiger partial charge is 0.324 e. The number of hydrogen-bond acceptors (Lipinski definition) is 7. The molecule has 2 aliphatic rings. The van der Waals surface area contributed by atoms with Gasteiger partial charge in [-0.15, -0.1) is 11.3 Å². The highest BCUT2D eigenvalue weighted by Gasteiger charge is 2.37. The van der Waals surface area contributed by atoms with Gasteiger partial charge in [-0.25, -0.2) is 14.8 Å². The van der Waals surface area contributed by atoms with Crippen LogP contribution in [0.15, 0.2) is 30.6 Å². The SMILES string of the molecule is COc1ccc(-c2cc3c4c(cnc3s2)CN(C)C(=O)N4C2CCN(C(=O)CO)CC2)cn1. The standard InChI is InChI=1S/C23H25N5O4S/c1-26-12-15-11-25-22-17(9-18(33-22)14-3-4-19(32-2)24-10-14)21(15)28(23(26)31)16-5-7-27(8-6-16)20(30)13-29/h3-4,9-11,16,29H,5-8,12-13H2,1-2H3. The lowest BCUT2D eigenvalue weighted by atomic mass is 9.99. The Morgan fingerprint density at radius 1 is 1.24 bits per heavy atom. The molecule has 0 radical (unpaired) electrons.